The summed E-state index contributed by atoms with van der Waals surface area (Å²) >= 11 is 0. The van der Waals surface area contributed by atoms with E-state index in [1.165, 1.54) is 0 Å². The standard InChI is InChI=1S/5ClH.Cs.H2O.Rh/h5*1H;;1H2;/q;;;;;;;+5/p-5. The van der Waals surface area contributed by atoms with Crippen molar-refractivity contribution >= 4 is 117 Å². The molecule has 0 bridgehead atoms. The van der Waals surface area contributed by atoms with Gasteiger partial charge in [0.05, 0.1) is 0 Å². The normalized spacial score (nSPS) is 14.4. The van der Waals surface area contributed by atoms with Gasteiger partial charge in [0.2, 0.25) is 0 Å². The van der Waals surface area contributed by atoms with E-state index in [1.54, 1.807) is 0 Å². The van der Waals surface area contributed by atoms with Crippen LogP contribution in [0.5, 0.6) is 0 Å². The minimum absolute atomic E-state index is 0. The van der Waals surface area contributed by atoms with Crippen LogP contribution in [0.25, 0.3) is 0 Å². The monoisotopic (exact) mass is 429 g/mol. The molecule has 0 rings (SSSR count). The molecular weight excluding hydrogens is 429 g/mol. The molecule has 0 aliphatic heterocycles. The van der Waals surface area contributed by atoms with Gasteiger partial charge in [0.15, 0.2) is 0 Å². The number of halogens is 5. The predicted octanol–water partition coefficient (Wildman–Crippen LogP) is 2.24. The molecule has 0 atom stereocenters. The van der Waals surface area contributed by atoms with Crippen LogP contribution < -0.4 is 0 Å². The zero-order chi connectivity index (χ0) is 5.45. The van der Waals surface area contributed by atoms with Crippen molar-refractivity contribution in [2.75, 3.05) is 0 Å². The van der Waals surface area contributed by atoms with E-state index in [-0.39, 0.29) is 74.4 Å². The Kier molecular flexibility index (Phi) is 12.8. The van der Waals surface area contributed by atoms with Crippen molar-refractivity contribution in [1.29, 1.82) is 0 Å². The van der Waals surface area contributed by atoms with E-state index in [9.17, 15) is 0 Å². The molecule has 53 valence electrons. The van der Waals surface area contributed by atoms with E-state index in [0.717, 1.165) is 0 Å². The Morgan fingerprint density at radius 3 is 0.750 bits per heavy atom. The summed E-state index contributed by atoms with van der Waals surface area (Å²) in [6.07, 6.45) is 0. The smallest absolute Gasteiger partial charge is 0 e. The van der Waals surface area contributed by atoms with Crippen molar-refractivity contribution in [1.82, 2.24) is 0 Å². The Balaban J connectivity index is -0.000000125. The van der Waals surface area contributed by atoms with Gasteiger partial charge in [-0.25, -0.2) is 0 Å². The van der Waals surface area contributed by atoms with Crippen LogP contribution in [0, 0.1) is 0 Å². The molecule has 0 saturated carbocycles. The second kappa shape index (κ2) is 5.68. The Morgan fingerprint density at radius 1 is 0.750 bits per heavy atom. The average molecular weight is 431 g/mol. The maximum Gasteiger partial charge on any atom is 0 e. The minimum Gasteiger partial charge on any atom is 0 e. The summed E-state index contributed by atoms with van der Waals surface area (Å²) in [6.45, 7) is 0. The molecule has 8 heteroatoms. The molecule has 0 heterocycles. The van der Waals surface area contributed by atoms with Crippen LogP contribution in [-0.2, 0) is 8.65 Å². The minimum atomic E-state index is -4.04. The van der Waals surface area contributed by atoms with Crippen LogP contribution in [0.2, 0.25) is 0 Å². The third-order valence-corrected chi connectivity index (χ3v) is 0. The van der Waals surface area contributed by atoms with Crippen LogP contribution in [-0.4, -0.2) is 74.4 Å². The fraction of sp³-hybridized carbons (Fsp3) is 0. The summed E-state index contributed by atoms with van der Waals surface area (Å²) in [5.41, 5.74) is 0. The second-order valence-corrected chi connectivity index (χ2v) is 25.4. The topological polar surface area (TPSA) is 31.5 Å². The van der Waals surface area contributed by atoms with E-state index in [1.807, 2.05) is 0 Å². The van der Waals surface area contributed by atoms with Crippen molar-refractivity contribution in [3.63, 3.8) is 0 Å². The van der Waals surface area contributed by atoms with E-state index < -0.39 is 8.65 Å². The average Bonchev–Trinajstić information content (AvgIpc) is 0.650. The van der Waals surface area contributed by atoms with E-state index in [0.29, 0.717) is 0 Å². The first-order valence-electron chi connectivity index (χ1n) is 0.630. The Morgan fingerprint density at radius 2 is 0.750 bits per heavy atom. The maximum atomic E-state index is 5.02. The van der Waals surface area contributed by atoms with Gasteiger partial charge in [-0.1, -0.05) is 0 Å². The van der Waals surface area contributed by atoms with Crippen LogP contribution in [0.3, 0.4) is 0 Å². The van der Waals surface area contributed by atoms with Gasteiger partial charge >= 0.3 is 57.1 Å². The van der Waals surface area contributed by atoms with Crippen molar-refractivity contribution < 1.29 is 14.1 Å². The quantitative estimate of drug-likeness (QED) is 0.528. The first-order chi connectivity index (χ1) is 2.24. The molecular formula is H2Cl5CsORh. The van der Waals surface area contributed by atoms with Crippen LogP contribution >= 0.6 is 48.5 Å². The predicted molar refractivity (Wildman–Crippen MR) is 38.6 cm³/mol. The molecule has 0 fully saturated rings. The molecule has 0 spiro atoms. The van der Waals surface area contributed by atoms with Crippen molar-refractivity contribution in [2.45, 2.75) is 0 Å². The molecule has 2 N–H and O–H groups in total. The fourth-order valence-corrected chi connectivity index (χ4v) is 0. The van der Waals surface area contributed by atoms with Gasteiger partial charge < -0.3 is 5.48 Å². The van der Waals surface area contributed by atoms with Gasteiger partial charge in [0, 0.05) is 68.9 Å². The molecule has 1 nitrogen and oxygen atoms in total. The molecule has 0 amide bonds. The molecule has 0 aromatic heterocycles. The largest absolute Gasteiger partial charge is 0 e. The van der Waals surface area contributed by atoms with E-state index >= 15 is 0 Å². The van der Waals surface area contributed by atoms with Gasteiger partial charge in [-0.2, -0.15) is 0 Å². The van der Waals surface area contributed by atoms with Crippen LogP contribution in [0.1, 0.15) is 0 Å². The van der Waals surface area contributed by atoms with Crippen LogP contribution in [0.15, 0.2) is 0 Å². The molecule has 8 heavy (non-hydrogen) atoms. The summed E-state index contributed by atoms with van der Waals surface area (Å²) in [7, 11) is 21.0. The molecule has 0 aromatic carbocycles. The fourth-order valence-electron chi connectivity index (χ4n) is 0. The van der Waals surface area contributed by atoms with Crippen molar-refractivity contribution in [2.24, 2.45) is 0 Å². The Labute approximate surface area is 127 Å². The van der Waals surface area contributed by atoms with Gasteiger partial charge in [0.25, 0.3) is 0 Å². The number of hydrogen-bond donors (Lipinski definition) is 0. The first-order valence-corrected chi connectivity index (χ1v) is 11.2. The zero-order valence-electron chi connectivity index (χ0n) is 3.72. The summed E-state index contributed by atoms with van der Waals surface area (Å²) in [5, 5.41) is 0. The van der Waals surface area contributed by atoms with Crippen LogP contribution in [0.4, 0.5) is 0 Å². The number of hydrogen-bond acceptors (Lipinski definition) is 0. The molecule has 0 aliphatic rings. The van der Waals surface area contributed by atoms with Gasteiger partial charge in [-0.15, -0.1) is 0 Å². The Bertz CT molecular complexity index is 45.6. The molecule has 0 aliphatic carbocycles. The SMILES string of the molecule is O.[Cl][Rh]([Cl])([Cl])([Cl])[Cl].[Cs]. The van der Waals surface area contributed by atoms with E-state index in [4.69, 9.17) is 48.5 Å². The molecule has 1 radical (unpaired) electrons. The van der Waals surface area contributed by atoms with Crippen molar-refractivity contribution in [3.05, 3.63) is 0 Å². The summed E-state index contributed by atoms with van der Waals surface area (Å²) in [6, 6.07) is 0. The maximum absolute atomic E-state index is 5.02. The second-order valence-electron chi connectivity index (χ2n) is 0.476. The van der Waals surface area contributed by atoms with Gasteiger partial charge in [-0.3, -0.25) is 0 Å². The van der Waals surface area contributed by atoms with E-state index in [2.05, 4.69) is 0 Å². The zero-order valence-corrected chi connectivity index (χ0v) is 15.4. The van der Waals surface area contributed by atoms with Gasteiger partial charge in [0.1, 0.15) is 0 Å². The first kappa shape index (κ1) is 18.0. The third kappa shape index (κ3) is 49.9. The summed E-state index contributed by atoms with van der Waals surface area (Å²) in [4.78, 5) is 0. The van der Waals surface area contributed by atoms with Crippen molar-refractivity contribution in [3.8, 4) is 0 Å². The summed E-state index contributed by atoms with van der Waals surface area (Å²) < 4.78 is 0. The Hall–Kier alpha value is 4.09. The summed E-state index contributed by atoms with van der Waals surface area (Å²) in [5.74, 6) is 0. The molecule has 0 saturated heterocycles. The third-order valence-electron chi connectivity index (χ3n) is 0. The molecule has 0 aromatic rings. The van der Waals surface area contributed by atoms with Gasteiger partial charge in [-0.05, 0) is 0 Å². The number of rotatable bonds is 0. The molecule has 0 unspecified atom stereocenters.